The SMILES string of the molecule is C=CCC=C(CC)CCC.C=CCCC(C)=CCC. The minimum absolute atomic E-state index is 1.03. The van der Waals surface area contributed by atoms with Crippen molar-refractivity contribution >= 4 is 0 Å². The minimum atomic E-state index is 1.03. The molecule has 0 atom stereocenters. The van der Waals surface area contributed by atoms with Gasteiger partial charge in [0.15, 0.2) is 0 Å². The second-order valence-corrected chi connectivity index (χ2v) is 4.78. The van der Waals surface area contributed by atoms with Gasteiger partial charge in [0.1, 0.15) is 0 Å². The zero-order chi connectivity index (χ0) is 14.9. The van der Waals surface area contributed by atoms with Gasteiger partial charge in [-0.1, -0.05) is 62.6 Å². The maximum atomic E-state index is 3.68. The van der Waals surface area contributed by atoms with E-state index in [4.69, 9.17) is 0 Å². The molecule has 0 bridgehead atoms. The van der Waals surface area contributed by atoms with Crippen LogP contribution in [0.5, 0.6) is 0 Å². The first-order chi connectivity index (χ1) is 9.15. The van der Waals surface area contributed by atoms with Gasteiger partial charge in [-0.3, -0.25) is 0 Å². The Morgan fingerprint density at radius 3 is 2.05 bits per heavy atom. The van der Waals surface area contributed by atoms with Crippen LogP contribution in [0.15, 0.2) is 48.6 Å². The van der Waals surface area contributed by atoms with Gasteiger partial charge >= 0.3 is 0 Å². The van der Waals surface area contributed by atoms with Gasteiger partial charge in [-0.2, -0.15) is 0 Å². The molecule has 0 rings (SSSR count). The van der Waals surface area contributed by atoms with Gasteiger partial charge in [0, 0.05) is 0 Å². The third-order valence-electron chi connectivity index (χ3n) is 2.89. The maximum absolute atomic E-state index is 3.68. The molecule has 19 heavy (non-hydrogen) atoms. The zero-order valence-electron chi connectivity index (χ0n) is 13.7. The van der Waals surface area contributed by atoms with E-state index in [2.05, 4.69) is 53.0 Å². The molecule has 0 unspecified atom stereocenters. The quantitative estimate of drug-likeness (QED) is 0.392. The fourth-order valence-electron chi connectivity index (χ4n) is 1.77. The summed E-state index contributed by atoms with van der Waals surface area (Å²) < 4.78 is 0. The van der Waals surface area contributed by atoms with E-state index in [9.17, 15) is 0 Å². The van der Waals surface area contributed by atoms with Crippen molar-refractivity contribution in [1.29, 1.82) is 0 Å². The lowest BCUT2D eigenvalue weighted by atomic mass is 10.1. The van der Waals surface area contributed by atoms with Crippen molar-refractivity contribution < 1.29 is 0 Å². The highest BCUT2D eigenvalue weighted by Gasteiger charge is 1.89. The molecule has 0 aliphatic carbocycles. The smallest absolute Gasteiger partial charge is 0.0169 e. The lowest BCUT2D eigenvalue weighted by molar-refractivity contribution is 0.852. The van der Waals surface area contributed by atoms with Gasteiger partial charge in [0.05, 0.1) is 0 Å². The third-order valence-corrected chi connectivity index (χ3v) is 2.89. The van der Waals surface area contributed by atoms with Crippen molar-refractivity contribution in [2.45, 2.75) is 72.6 Å². The molecule has 0 heterocycles. The maximum Gasteiger partial charge on any atom is -0.0169 e. The molecular formula is C19H34. The van der Waals surface area contributed by atoms with Crippen LogP contribution >= 0.6 is 0 Å². The summed E-state index contributed by atoms with van der Waals surface area (Å²) in [5.41, 5.74) is 3.06. The van der Waals surface area contributed by atoms with Crippen molar-refractivity contribution in [1.82, 2.24) is 0 Å². The Bertz CT molecular complexity index is 266. The molecule has 0 saturated carbocycles. The standard InChI is InChI=1S/C10H18.C9H16/c1-4-7-9-10(6-3)8-5-2;1-4-6-8-9(3)7-5-2/h4,9H,1,5-8H2,2-3H3;4,7H,1,5-6,8H2,2-3H3. The second kappa shape index (κ2) is 17.0. The summed E-state index contributed by atoms with van der Waals surface area (Å²) in [4.78, 5) is 0. The summed E-state index contributed by atoms with van der Waals surface area (Å²) in [5.74, 6) is 0. The molecule has 0 nitrogen and oxygen atoms in total. The molecular weight excluding hydrogens is 228 g/mol. The molecule has 0 aromatic rings. The van der Waals surface area contributed by atoms with Crippen LogP contribution in [0.25, 0.3) is 0 Å². The van der Waals surface area contributed by atoms with E-state index in [1.165, 1.54) is 31.3 Å². The minimum Gasteiger partial charge on any atom is -0.103 e. The van der Waals surface area contributed by atoms with Crippen LogP contribution in [-0.2, 0) is 0 Å². The Balaban J connectivity index is 0. The van der Waals surface area contributed by atoms with E-state index in [-0.39, 0.29) is 0 Å². The first-order valence-corrected chi connectivity index (χ1v) is 7.71. The van der Waals surface area contributed by atoms with Gasteiger partial charge in [-0.15, -0.1) is 13.2 Å². The third kappa shape index (κ3) is 17.0. The Hall–Kier alpha value is -1.04. The highest BCUT2D eigenvalue weighted by Crippen LogP contribution is 2.09. The number of rotatable bonds is 9. The topological polar surface area (TPSA) is 0 Å². The Morgan fingerprint density at radius 2 is 1.63 bits per heavy atom. The number of allylic oxidation sites excluding steroid dienone is 6. The lowest BCUT2D eigenvalue weighted by Gasteiger charge is -1.99. The van der Waals surface area contributed by atoms with Crippen molar-refractivity contribution in [3.63, 3.8) is 0 Å². The molecule has 110 valence electrons. The number of hydrogen-bond acceptors (Lipinski definition) is 0. The fourth-order valence-corrected chi connectivity index (χ4v) is 1.77. The molecule has 0 fully saturated rings. The van der Waals surface area contributed by atoms with E-state index in [0.29, 0.717) is 0 Å². The molecule has 0 aliphatic rings. The zero-order valence-corrected chi connectivity index (χ0v) is 13.7. The van der Waals surface area contributed by atoms with E-state index >= 15 is 0 Å². The van der Waals surface area contributed by atoms with Crippen molar-refractivity contribution in [2.75, 3.05) is 0 Å². The second-order valence-electron chi connectivity index (χ2n) is 4.78. The van der Waals surface area contributed by atoms with Crippen LogP contribution in [0.2, 0.25) is 0 Å². The summed E-state index contributed by atoms with van der Waals surface area (Å²) in [5, 5.41) is 0. The van der Waals surface area contributed by atoms with Gasteiger partial charge in [0.25, 0.3) is 0 Å². The first kappa shape index (κ1) is 20.3. The molecule has 0 saturated heterocycles. The average Bonchev–Trinajstić information content (AvgIpc) is 2.42. The van der Waals surface area contributed by atoms with Crippen LogP contribution in [0.3, 0.4) is 0 Å². The van der Waals surface area contributed by atoms with Gasteiger partial charge in [0.2, 0.25) is 0 Å². The summed E-state index contributed by atoms with van der Waals surface area (Å²) >= 11 is 0. The Labute approximate surface area is 122 Å². The fraction of sp³-hybridized carbons (Fsp3) is 0.579. The lowest BCUT2D eigenvalue weighted by Crippen LogP contribution is -1.79. The summed E-state index contributed by atoms with van der Waals surface area (Å²) in [7, 11) is 0. The van der Waals surface area contributed by atoms with E-state index < -0.39 is 0 Å². The predicted molar refractivity (Wildman–Crippen MR) is 91.6 cm³/mol. The molecule has 0 aromatic carbocycles. The number of hydrogen-bond donors (Lipinski definition) is 0. The summed E-state index contributed by atoms with van der Waals surface area (Å²) in [6, 6.07) is 0. The molecule has 0 N–H and O–H groups in total. The highest BCUT2D eigenvalue weighted by molar-refractivity contribution is 5.03. The van der Waals surface area contributed by atoms with Gasteiger partial charge in [-0.25, -0.2) is 0 Å². The highest BCUT2D eigenvalue weighted by atomic mass is 14.0. The molecule has 0 heteroatoms. The average molecular weight is 262 g/mol. The van der Waals surface area contributed by atoms with Gasteiger partial charge in [-0.05, 0) is 45.4 Å². The summed E-state index contributed by atoms with van der Waals surface area (Å²) in [6.07, 6.45) is 16.7. The van der Waals surface area contributed by atoms with Crippen LogP contribution in [0, 0.1) is 0 Å². The van der Waals surface area contributed by atoms with E-state index in [0.717, 1.165) is 19.3 Å². The Kier molecular flexibility index (Phi) is 18.1. The normalized spacial score (nSPS) is 11.6. The first-order valence-electron chi connectivity index (χ1n) is 7.71. The molecule has 0 spiro atoms. The van der Waals surface area contributed by atoms with Crippen molar-refractivity contribution in [3.05, 3.63) is 48.6 Å². The molecule has 0 aliphatic heterocycles. The van der Waals surface area contributed by atoms with E-state index in [1.807, 2.05) is 12.2 Å². The van der Waals surface area contributed by atoms with Crippen LogP contribution in [0.4, 0.5) is 0 Å². The van der Waals surface area contributed by atoms with Crippen LogP contribution in [-0.4, -0.2) is 0 Å². The monoisotopic (exact) mass is 262 g/mol. The predicted octanol–water partition coefficient (Wildman–Crippen LogP) is 7.01. The largest absolute Gasteiger partial charge is 0.103 e. The molecule has 0 radical (unpaired) electrons. The van der Waals surface area contributed by atoms with Crippen LogP contribution in [0.1, 0.15) is 72.6 Å². The van der Waals surface area contributed by atoms with Crippen molar-refractivity contribution in [3.8, 4) is 0 Å². The summed E-state index contributed by atoms with van der Waals surface area (Å²) in [6.45, 7) is 16.1. The molecule has 0 amide bonds. The van der Waals surface area contributed by atoms with Crippen LogP contribution < -0.4 is 0 Å². The van der Waals surface area contributed by atoms with E-state index in [1.54, 1.807) is 5.57 Å². The van der Waals surface area contributed by atoms with Gasteiger partial charge < -0.3 is 0 Å². The van der Waals surface area contributed by atoms with Crippen molar-refractivity contribution in [2.24, 2.45) is 0 Å². The Morgan fingerprint density at radius 1 is 0.947 bits per heavy atom. The molecule has 0 aromatic heterocycles.